The predicted octanol–water partition coefficient (Wildman–Crippen LogP) is 1.97. The van der Waals surface area contributed by atoms with Crippen LogP contribution < -0.4 is 5.56 Å². The van der Waals surface area contributed by atoms with Crippen LogP contribution in [-0.2, 0) is 17.8 Å². The van der Waals surface area contributed by atoms with Gasteiger partial charge in [0.25, 0.3) is 11.5 Å². The number of piperazine rings is 1. The second-order valence-corrected chi connectivity index (χ2v) is 7.74. The van der Waals surface area contributed by atoms with E-state index in [0.29, 0.717) is 37.9 Å². The van der Waals surface area contributed by atoms with Crippen molar-refractivity contribution in [2.45, 2.75) is 32.9 Å². The maximum Gasteiger partial charge on any atom is 0.274 e. The minimum absolute atomic E-state index is 0.128. The normalized spacial score (nSPS) is 15.1. The average molecular weight is 399 g/mol. The fraction of sp³-hybridized carbons (Fsp3) is 0.500. The second-order valence-electron chi connectivity index (χ2n) is 7.74. The van der Waals surface area contributed by atoms with Gasteiger partial charge in [-0.2, -0.15) is 5.10 Å². The summed E-state index contributed by atoms with van der Waals surface area (Å²) in [6.45, 7) is 8.95. The Balaban J connectivity index is 1.56. The molecular weight excluding hydrogens is 368 g/mol. The molecule has 2 heterocycles. The van der Waals surface area contributed by atoms with Crippen LogP contribution in [0.1, 0.15) is 41.4 Å². The zero-order valence-corrected chi connectivity index (χ0v) is 17.5. The van der Waals surface area contributed by atoms with Gasteiger partial charge in [-0.15, -0.1) is 0 Å². The fourth-order valence-electron chi connectivity index (χ4n) is 3.44. The zero-order valence-electron chi connectivity index (χ0n) is 17.5. The van der Waals surface area contributed by atoms with E-state index in [-0.39, 0.29) is 11.5 Å². The van der Waals surface area contributed by atoms with Crippen molar-refractivity contribution in [2.24, 2.45) is 0 Å². The highest BCUT2D eigenvalue weighted by Crippen LogP contribution is 2.16. The van der Waals surface area contributed by atoms with Gasteiger partial charge in [0.2, 0.25) is 0 Å². The van der Waals surface area contributed by atoms with Gasteiger partial charge in [0.05, 0.1) is 13.2 Å². The first kappa shape index (κ1) is 21.2. The van der Waals surface area contributed by atoms with Gasteiger partial charge in [0, 0.05) is 45.9 Å². The summed E-state index contributed by atoms with van der Waals surface area (Å²) in [6.07, 6.45) is 0. The van der Waals surface area contributed by atoms with Gasteiger partial charge in [-0.25, -0.2) is 4.68 Å². The van der Waals surface area contributed by atoms with E-state index >= 15 is 0 Å². The highest BCUT2D eigenvalue weighted by molar-refractivity contribution is 5.92. The lowest BCUT2D eigenvalue weighted by Crippen LogP contribution is -2.48. The van der Waals surface area contributed by atoms with Crippen molar-refractivity contribution in [1.82, 2.24) is 19.6 Å². The van der Waals surface area contributed by atoms with E-state index < -0.39 is 0 Å². The van der Waals surface area contributed by atoms with Gasteiger partial charge in [-0.05, 0) is 23.1 Å². The molecular formula is C22H30N4O3. The molecule has 156 valence electrons. The highest BCUT2D eigenvalue weighted by Gasteiger charge is 2.23. The number of nitrogens with zero attached hydrogens (tertiary/aromatic N) is 4. The number of carbonyl (C=O) groups is 1. The third kappa shape index (κ3) is 5.52. The maximum absolute atomic E-state index is 12.8. The Morgan fingerprint density at radius 2 is 1.76 bits per heavy atom. The van der Waals surface area contributed by atoms with E-state index in [1.54, 1.807) is 7.11 Å². The van der Waals surface area contributed by atoms with E-state index in [0.717, 1.165) is 19.6 Å². The topological polar surface area (TPSA) is 67.7 Å². The zero-order chi connectivity index (χ0) is 20.8. The maximum atomic E-state index is 12.8. The molecule has 0 N–H and O–H groups in total. The van der Waals surface area contributed by atoms with Crippen molar-refractivity contribution < 1.29 is 9.53 Å². The first-order valence-electron chi connectivity index (χ1n) is 10.2. The van der Waals surface area contributed by atoms with Crippen LogP contribution in [0.5, 0.6) is 0 Å². The number of methoxy groups -OCH3 is 1. The van der Waals surface area contributed by atoms with Crippen LogP contribution >= 0.6 is 0 Å². The minimum atomic E-state index is -0.230. The molecule has 2 aromatic rings. The van der Waals surface area contributed by atoms with Gasteiger partial charge >= 0.3 is 0 Å². The van der Waals surface area contributed by atoms with Gasteiger partial charge in [0.1, 0.15) is 5.69 Å². The van der Waals surface area contributed by atoms with Gasteiger partial charge < -0.3 is 9.64 Å². The first-order valence-corrected chi connectivity index (χ1v) is 10.2. The minimum Gasteiger partial charge on any atom is -0.383 e. The van der Waals surface area contributed by atoms with Crippen molar-refractivity contribution in [3.05, 3.63) is 63.6 Å². The smallest absolute Gasteiger partial charge is 0.274 e. The quantitative estimate of drug-likeness (QED) is 0.713. The molecule has 0 radical (unpaired) electrons. The number of hydrogen-bond acceptors (Lipinski definition) is 5. The molecule has 0 spiro atoms. The van der Waals surface area contributed by atoms with Crippen molar-refractivity contribution >= 4 is 5.91 Å². The molecule has 1 aromatic heterocycles. The third-order valence-corrected chi connectivity index (χ3v) is 5.31. The Hall–Kier alpha value is -2.51. The molecule has 0 aliphatic carbocycles. The summed E-state index contributed by atoms with van der Waals surface area (Å²) >= 11 is 0. The Morgan fingerprint density at radius 1 is 1.07 bits per heavy atom. The number of amides is 1. The molecule has 7 nitrogen and oxygen atoms in total. The molecule has 0 bridgehead atoms. The number of ether oxygens (including phenoxy) is 1. The molecule has 0 unspecified atom stereocenters. The lowest BCUT2D eigenvalue weighted by Gasteiger charge is -2.34. The Labute approximate surface area is 171 Å². The Kier molecular flexibility index (Phi) is 7.17. The number of carbonyl (C=O) groups excluding carboxylic acids is 1. The van der Waals surface area contributed by atoms with E-state index in [1.807, 2.05) is 4.90 Å². The predicted molar refractivity (Wildman–Crippen MR) is 112 cm³/mol. The summed E-state index contributed by atoms with van der Waals surface area (Å²) in [4.78, 5) is 28.8. The summed E-state index contributed by atoms with van der Waals surface area (Å²) in [7, 11) is 1.57. The molecule has 1 amide bonds. The number of hydrogen-bond donors (Lipinski definition) is 0. The molecule has 1 aliphatic heterocycles. The van der Waals surface area contributed by atoms with E-state index in [9.17, 15) is 9.59 Å². The number of rotatable bonds is 7. The van der Waals surface area contributed by atoms with E-state index in [2.05, 4.69) is 48.1 Å². The molecule has 0 saturated carbocycles. The summed E-state index contributed by atoms with van der Waals surface area (Å²) in [5.41, 5.74) is 2.72. The van der Waals surface area contributed by atoms with Crippen LogP contribution in [-0.4, -0.2) is 65.4 Å². The summed E-state index contributed by atoms with van der Waals surface area (Å²) < 4.78 is 6.28. The van der Waals surface area contributed by atoms with Crippen LogP contribution in [0.2, 0.25) is 0 Å². The van der Waals surface area contributed by atoms with Gasteiger partial charge in [-0.1, -0.05) is 38.1 Å². The van der Waals surface area contributed by atoms with Crippen LogP contribution in [0.25, 0.3) is 0 Å². The van der Waals surface area contributed by atoms with E-state index in [4.69, 9.17) is 4.74 Å². The first-order chi connectivity index (χ1) is 14.0. The summed E-state index contributed by atoms with van der Waals surface area (Å²) in [5.74, 6) is 0.410. The van der Waals surface area contributed by atoms with Crippen LogP contribution in [0, 0.1) is 0 Å². The van der Waals surface area contributed by atoms with Crippen LogP contribution in [0.15, 0.2) is 41.2 Å². The van der Waals surface area contributed by atoms with Gasteiger partial charge in [0.15, 0.2) is 0 Å². The van der Waals surface area contributed by atoms with E-state index in [1.165, 1.54) is 27.9 Å². The van der Waals surface area contributed by atoms with Crippen LogP contribution in [0.3, 0.4) is 0 Å². The largest absolute Gasteiger partial charge is 0.383 e. The molecule has 1 saturated heterocycles. The fourth-order valence-corrected chi connectivity index (χ4v) is 3.44. The van der Waals surface area contributed by atoms with Gasteiger partial charge in [-0.3, -0.25) is 14.5 Å². The lowest BCUT2D eigenvalue weighted by molar-refractivity contribution is 0.0619. The molecule has 3 rings (SSSR count). The van der Waals surface area contributed by atoms with Crippen molar-refractivity contribution in [3.63, 3.8) is 0 Å². The monoisotopic (exact) mass is 398 g/mol. The molecule has 1 aromatic carbocycles. The second kappa shape index (κ2) is 9.80. The summed E-state index contributed by atoms with van der Waals surface area (Å²) in [5, 5.41) is 4.21. The number of aromatic nitrogens is 2. The Bertz CT molecular complexity index is 868. The molecule has 7 heteroatoms. The Morgan fingerprint density at radius 3 is 2.38 bits per heavy atom. The molecule has 29 heavy (non-hydrogen) atoms. The number of benzene rings is 1. The molecule has 1 fully saturated rings. The standard InChI is InChI=1S/C22H30N4O3/c1-17(2)19-6-4-18(5-7-19)16-24-10-12-25(13-11-24)22(28)20-8-9-21(27)26(23-20)14-15-29-3/h4-9,17H,10-16H2,1-3H3. The summed E-state index contributed by atoms with van der Waals surface area (Å²) in [6, 6.07) is 11.7. The average Bonchev–Trinajstić information content (AvgIpc) is 2.73. The van der Waals surface area contributed by atoms with Crippen molar-refractivity contribution in [3.8, 4) is 0 Å². The SMILES string of the molecule is COCCn1nc(C(=O)N2CCN(Cc3ccc(C(C)C)cc3)CC2)ccc1=O. The molecule has 0 atom stereocenters. The van der Waals surface area contributed by atoms with Crippen molar-refractivity contribution in [1.29, 1.82) is 0 Å². The van der Waals surface area contributed by atoms with Crippen molar-refractivity contribution in [2.75, 3.05) is 39.9 Å². The van der Waals surface area contributed by atoms with Crippen LogP contribution in [0.4, 0.5) is 0 Å². The lowest BCUT2D eigenvalue weighted by atomic mass is 10.0. The molecule has 1 aliphatic rings. The highest BCUT2D eigenvalue weighted by atomic mass is 16.5. The third-order valence-electron chi connectivity index (χ3n) is 5.31.